The maximum Gasteiger partial charge on any atom is 0.243 e. The molecule has 2 aliphatic carbocycles. The molecule has 1 saturated carbocycles. The second-order valence-electron chi connectivity index (χ2n) is 11.1. The highest BCUT2D eigenvalue weighted by atomic mass is 32.2. The predicted octanol–water partition coefficient (Wildman–Crippen LogP) is 4.58. The van der Waals surface area contributed by atoms with Crippen molar-refractivity contribution in [2.75, 3.05) is 20.2 Å². The Hall–Kier alpha value is -2.75. The average Bonchev–Trinajstić information content (AvgIpc) is 3.36. The minimum Gasteiger partial charge on any atom is -0.497 e. The lowest BCUT2D eigenvalue weighted by molar-refractivity contribution is 0.252. The van der Waals surface area contributed by atoms with Gasteiger partial charge in [-0.15, -0.1) is 0 Å². The molecule has 1 heterocycles. The fraction of sp³-hybridized carbons (Fsp3) is 0.500. The molecule has 1 fully saturated rings. The number of ether oxygens (including phenoxy) is 1. The van der Waals surface area contributed by atoms with E-state index in [1.165, 1.54) is 29.3 Å². The van der Waals surface area contributed by atoms with Gasteiger partial charge in [-0.05, 0) is 98.7 Å². The zero-order valence-corrected chi connectivity index (χ0v) is 23.6. The van der Waals surface area contributed by atoms with Crippen LogP contribution in [0.25, 0.3) is 0 Å². The van der Waals surface area contributed by atoms with Gasteiger partial charge >= 0.3 is 0 Å². The van der Waals surface area contributed by atoms with E-state index in [9.17, 15) is 12.8 Å². The Kier molecular flexibility index (Phi) is 8.69. The second-order valence-corrected chi connectivity index (χ2v) is 12.9. The summed E-state index contributed by atoms with van der Waals surface area (Å²) in [6.45, 7) is 1.31. The number of methoxy groups -OCH3 is 1. The van der Waals surface area contributed by atoms with E-state index in [2.05, 4.69) is 39.4 Å². The summed E-state index contributed by atoms with van der Waals surface area (Å²) in [6, 6.07) is 12.4. The normalized spacial score (nSPS) is 23.4. The highest BCUT2D eigenvalue weighted by Gasteiger charge is 2.32. The highest BCUT2D eigenvalue weighted by Crippen LogP contribution is 2.37. The van der Waals surface area contributed by atoms with Crippen LogP contribution < -0.4 is 14.8 Å². The number of benzene rings is 2. The third-order valence-corrected chi connectivity index (χ3v) is 9.93. The first-order chi connectivity index (χ1) is 18.8. The van der Waals surface area contributed by atoms with Crippen molar-refractivity contribution in [1.82, 2.24) is 19.6 Å². The number of nitrogens with zero attached hydrogens (tertiary/aromatic N) is 2. The van der Waals surface area contributed by atoms with Crippen LogP contribution in [0.3, 0.4) is 0 Å². The van der Waals surface area contributed by atoms with E-state index in [4.69, 9.17) is 4.74 Å². The number of hydrogen-bond acceptors (Lipinski definition) is 5. The Bertz CT molecular complexity index is 1370. The minimum atomic E-state index is -3.84. The van der Waals surface area contributed by atoms with Gasteiger partial charge in [0, 0.05) is 31.7 Å². The predicted molar refractivity (Wildman–Crippen MR) is 150 cm³/mol. The molecule has 9 heteroatoms. The van der Waals surface area contributed by atoms with E-state index in [0.717, 1.165) is 62.9 Å². The van der Waals surface area contributed by atoms with E-state index in [1.807, 2.05) is 17.9 Å². The summed E-state index contributed by atoms with van der Waals surface area (Å²) in [5.41, 5.74) is 3.86. The Morgan fingerprint density at radius 1 is 1.05 bits per heavy atom. The molecule has 2 aromatic carbocycles. The first-order valence-corrected chi connectivity index (χ1v) is 15.4. The molecule has 2 N–H and O–H groups in total. The van der Waals surface area contributed by atoms with Gasteiger partial charge < -0.3 is 14.6 Å². The minimum absolute atomic E-state index is 0.274. The molecule has 1 aromatic heterocycles. The maximum absolute atomic E-state index is 14.0. The lowest BCUT2D eigenvalue weighted by atomic mass is 9.76. The van der Waals surface area contributed by atoms with Gasteiger partial charge in [0.1, 0.15) is 16.5 Å². The highest BCUT2D eigenvalue weighted by molar-refractivity contribution is 7.89. The summed E-state index contributed by atoms with van der Waals surface area (Å²) in [4.78, 5) is 4.33. The van der Waals surface area contributed by atoms with Gasteiger partial charge in [0.25, 0.3) is 0 Å². The van der Waals surface area contributed by atoms with Crippen LogP contribution in [-0.4, -0.2) is 44.2 Å². The number of sulfonamides is 1. The van der Waals surface area contributed by atoms with E-state index < -0.39 is 15.8 Å². The number of aryl methyl sites for hydroxylation is 2. The van der Waals surface area contributed by atoms with Crippen molar-refractivity contribution in [3.8, 4) is 5.75 Å². The van der Waals surface area contributed by atoms with Gasteiger partial charge in [-0.3, -0.25) is 0 Å². The molecule has 0 aliphatic heterocycles. The third kappa shape index (κ3) is 6.70. The molecule has 2 atom stereocenters. The first kappa shape index (κ1) is 27.8. The number of nitrogens with one attached hydrogen (secondary N) is 2. The molecule has 0 bridgehead atoms. The molecule has 0 saturated heterocycles. The largest absolute Gasteiger partial charge is 0.497 e. The fourth-order valence-corrected chi connectivity index (χ4v) is 7.43. The van der Waals surface area contributed by atoms with Gasteiger partial charge in [-0.25, -0.2) is 22.5 Å². The standard InChI is InChI=1S/C30H39FN4O3S/c1-35-19-24(33-20-35)16-27-26-13-12-25(38-2)15-23(26)11-14-29(27)32-17-21-7-9-22(10-8-21)18-34-39(36,37)30-6-4-3-5-28(30)31/h3-6,12-13,15,19-22,27,29,32,34H,7-11,14,16-18H2,1-2H3. The molecule has 0 spiro atoms. The number of imidazole rings is 1. The molecular formula is C30H39FN4O3S. The van der Waals surface area contributed by atoms with Crippen molar-refractivity contribution >= 4 is 10.0 Å². The molecule has 3 aromatic rings. The SMILES string of the molecule is COc1ccc2c(c1)CCC(NCC1CCC(CNS(=O)(=O)c3ccccc3F)CC1)C2Cc1cn(C)cn1. The van der Waals surface area contributed by atoms with Crippen molar-refractivity contribution in [2.45, 2.75) is 61.8 Å². The summed E-state index contributed by atoms with van der Waals surface area (Å²) in [7, 11) is -0.117. The van der Waals surface area contributed by atoms with Crippen molar-refractivity contribution in [3.05, 3.63) is 77.6 Å². The summed E-state index contributed by atoms with van der Waals surface area (Å²) >= 11 is 0. The molecule has 39 heavy (non-hydrogen) atoms. The van der Waals surface area contributed by atoms with Crippen LogP contribution in [0.2, 0.25) is 0 Å². The molecule has 0 amide bonds. The van der Waals surface area contributed by atoms with Gasteiger partial charge in [-0.1, -0.05) is 18.2 Å². The van der Waals surface area contributed by atoms with Gasteiger partial charge in [0.15, 0.2) is 0 Å². The van der Waals surface area contributed by atoms with Crippen LogP contribution in [0, 0.1) is 17.7 Å². The summed E-state index contributed by atoms with van der Waals surface area (Å²) in [5, 5.41) is 3.92. The molecule has 0 radical (unpaired) electrons. The molecule has 2 aliphatic rings. The number of rotatable bonds is 10. The van der Waals surface area contributed by atoms with Crippen LogP contribution in [-0.2, 0) is 29.9 Å². The van der Waals surface area contributed by atoms with Crippen molar-refractivity contribution in [2.24, 2.45) is 18.9 Å². The van der Waals surface area contributed by atoms with Crippen LogP contribution in [0.5, 0.6) is 5.75 Å². The van der Waals surface area contributed by atoms with Crippen molar-refractivity contribution in [1.29, 1.82) is 0 Å². The van der Waals surface area contributed by atoms with Gasteiger partial charge in [0.05, 0.1) is 19.1 Å². The van der Waals surface area contributed by atoms with E-state index >= 15 is 0 Å². The van der Waals surface area contributed by atoms with E-state index in [1.54, 1.807) is 13.2 Å². The van der Waals surface area contributed by atoms with Gasteiger partial charge in [-0.2, -0.15) is 0 Å². The summed E-state index contributed by atoms with van der Waals surface area (Å²) < 4.78 is 49.2. The smallest absolute Gasteiger partial charge is 0.243 e. The molecule has 210 valence electrons. The zero-order valence-electron chi connectivity index (χ0n) is 22.8. The Morgan fingerprint density at radius 2 is 1.79 bits per heavy atom. The lowest BCUT2D eigenvalue weighted by Gasteiger charge is -2.36. The summed E-state index contributed by atoms with van der Waals surface area (Å²) in [5.74, 6) is 1.38. The topological polar surface area (TPSA) is 85.3 Å². The fourth-order valence-electron chi connectivity index (χ4n) is 6.24. The van der Waals surface area contributed by atoms with Crippen molar-refractivity contribution in [3.63, 3.8) is 0 Å². The molecule has 2 unspecified atom stereocenters. The number of hydrogen-bond donors (Lipinski definition) is 2. The van der Waals surface area contributed by atoms with Crippen LogP contribution in [0.15, 0.2) is 59.9 Å². The Morgan fingerprint density at radius 3 is 2.49 bits per heavy atom. The first-order valence-electron chi connectivity index (χ1n) is 13.9. The van der Waals surface area contributed by atoms with Crippen LogP contribution in [0.4, 0.5) is 4.39 Å². The monoisotopic (exact) mass is 554 g/mol. The molecule has 7 nitrogen and oxygen atoms in total. The van der Waals surface area contributed by atoms with Crippen molar-refractivity contribution < 1.29 is 17.5 Å². The quantitative estimate of drug-likeness (QED) is 0.383. The second kappa shape index (κ2) is 12.2. The van der Waals surface area contributed by atoms with Crippen LogP contribution >= 0.6 is 0 Å². The third-order valence-electron chi connectivity index (χ3n) is 8.47. The van der Waals surface area contributed by atoms with E-state index in [0.29, 0.717) is 24.4 Å². The van der Waals surface area contributed by atoms with E-state index in [-0.39, 0.29) is 10.8 Å². The average molecular weight is 555 g/mol. The Balaban J connectivity index is 1.15. The maximum atomic E-state index is 14.0. The molecular weight excluding hydrogens is 515 g/mol. The number of fused-ring (bicyclic) bond motifs is 1. The Labute approximate surface area is 231 Å². The summed E-state index contributed by atoms with van der Waals surface area (Å²) in [6.07, 6.45) is 11.0. The van der Waals surface area contributed by atoms with Gasteiger partial charge in [0.2, 0.25) is 10.0 Å². The zero-order chi connectivity index (χ0) is 27.4. The van der Waals surface area contributed by atoms with Crippen LogP contribution in [0.1, 0.15) is 54.8 Å². The lowest BCUT2D eigenvalue weighted by Crippen LogP contribution is -2.42. The number of aromatic nitrogens is 2. The molecule has 5 rings (SSSR count). The number of halogens is 1.